The van der Waals surface area contributed by atoms with E-state index >= 15 is 0 Å². The predicted molar refractivity (Wildman–Crippen MR) is 118 cm³/mol. The van der Waals surface area contributed by atoms with E-state index in [1.54, 1.807) is 14.2 Å². The molecule has 0 aliphatic carbocycles. The van der Waals surface area contributed by atoms with Gasteiger partial charge in [-0.1, -0.05) is 19.1 Å². The molecule has 0 saturated carbocycles. The van der Waals surface area contributed by atoms with E-state index in [4.69, 9.17) is 14.2 Å². The molecule has 1 aliphatic rings. The monoisotopic (exact) mass is 413 g/mol. The maximum atomic E-state index is 10.6. The molecule has 2 N–H and O–H groups in total. The number of likely N-dealkylation sites (N-methyl/N-ethyl adjacent to an activating group) is 1. The molecule has 0 bridgehead atoms. The molecular weight excluding hydrogens is 382 g/mol. The van der Waals surface area contributed by atoms with Crippen LogP contribution < -0.4 is 14.2 Å². The fourth-order valence-corrected chi connectivity index (χ4v) is 3.97. The van der Waals surface area contributed by atoms with Gasteiger partial charge < -0.3 is 24.4 Å². The van der Waals surface area contributed by atoms with Gasteiger partial charge in [-0.3, -0.25) is 4.90 Å². The molecule has 162 valence electrons. The molecule has 0 unspecified atom stereocenters. The van der Waals surface area contributed by atoms with Crippen LogP contribution >= 0.6 is 0 Å². The lowest BCUT2D eigenvalue weighted by molar-refractivity contribution is 0.205. The number of aliphatic hydroxyl groups excluding tert-OH is 1. The molecule has 2 aromatic carbocycles. The van der Waals surface area contributed by atoms with Gasteiger partial charge in [0.05, 0.1) is 20.8 Å². The van der Waals surface area contributed by atoms with E-state index in [9.17, 15) is 10.2 Å². The van der Waals surface area contributed by atoms with E-state index in [0.717, 1.165) is 28.0 Å². The number of hydrogen-bond acceptors (Lipinski definition) is 6. The molecule has 6 nitrogen and oxygen atoms in total. The number of hydrogen-bond donors (Lipinski definition) is 2. The first-order chi connectivity index (χ1) is 14.4. The Hall–Kier alpha value is -2.70. The van der Waals surface area contributed by atoms with Gasteiger partial charge in [-0.25, -0.2) is 0 Å². The van der Waals surface area contributed by atoms with E-state index in [1.165, 1.54) is 0 Å². The zero-order chi connectivity index (χ0) is 21.8. The van der Waals surface area contributed by atoms with Gasteiger partial charge in [0, 0.05) is 30.1 Å². The standard InChI is InChI=1S/C24H31NO5/c1-6-7-16-10-19-15(2)23(30-24(19)21(11-16)29-5)17-12-18(14-25(3)8-9-26)22(27)20(13-17)28-4/h6-7,10-13,15,23,26-27H,8-9,14H2,1-5H3/b7-6+/t15-,23-/m1/s1. The smallest absolute Gasteiger partial charge is 0.165 e. The summed E-state index contributed by atoms with van der Waals surface area (Å²) in [6, 6.07) is 7.89. The Morgan fingerprint density at radius 1 is 1.13 bits per heavy atom. The van der Waals surface area contributed by atoms with Gasteiger partial charge in [-0.2, -0.15) is 0 Å². The lowest BCUT2D eigenvalue weighted by Crippen LogP contribution is -2.22. The van der Waals surface area contributed by atoms with Gasteiger partial charge >= 0.3 is 0 Å². The Morgan fingerprint density at radius 2 is 1.87 bits per heavy atom. The van der Waals surface area contributed by atoms with Crippen molar-refractivity contribution in [3.63, 3.8) is 0 Å². The van der Waals surface area contributed by atoms with Crippen LogP contribution in [0, 0.1) is 0 Å². The highest BCUT2D eigenvalue weighted by atomic mass is 16.5. The third-order valence-corrected chi connectivity index (χ3v) is 5.52. The number of phenolic OH excluding ortho intramolecular Hbond substituents is 1. The Bertz CT molecular complexity index is 924. The van der Waals surface area contributed by atoms with Gasteiger partial charge in [-0.05, 0) is 49.4 Å². The number of benzene rings is 2. The van der Waals surface area contributed by atoms with E-state index < -0.39 is 0 Å². The number of phenols is 1. The molecule has 0 aromatic heterocycles. The zero-order valence-electron chi connectivity index (χ0n) is 18.3. The van der Waals surface area contributed by atoms with Gasteiger partial charge in [0.2, 0.25) is 0 Å². The Balaban J connectivity index is 2.01. The van der Waals surface area contributed by atoms with Crippen molar-refractivity contribution in [2.45, 2.75) is 32.4 Å². The predicted octanol–water partition coefficient (Wildman–Crippen LogP) is 4.10. The highest BCUT2D eigenvalue weighted by Gasteiger charge is 2.35. The lowest BCUT2D eigenvalue weighted by Gasteiger charge is -2.21. The molecule has 0 spiro atoms. The third-order valence-electron chi connectivity index (χ3n) is 5.52. The number of rotatable bonds is 8. The van der Waals surface area contributed by atoms with Crippen LogP contribution in [0.15, 0.2) is 30.3 Å². The Kier molecular flexibility index (Phi) is 6.90. The summed E-state index contributed by atoms with van der Waals surface area (Å²) in [5.74, 6) is 2.09. The Labute approximate surface area is 178 Å². The van der Waals surface area contributed by atoms with Crippen LogP contribution in [-0.2, 0) is 6.54 Å². The number of fused-ring (bicyclic) bond motifs is 1. The maximum Gasteiger partial charge on any atom is 0.165 e. The van der Waals surface area contributed by atoms with Crippen LogP contribution in [0.4, 0.5) is 0 Å². The molecule has 0 fully saturated rings. The summed E-state index contributed by atoms with van der Waals surface area (Å²) >= 11 is 0. The summed E-state index contributed by atoms with van der Waals surface area (Å²) < 4.78 is 17.4. The molecule has 30 heavy (non-hydrogen) atoms. The van der Waals surface area contributed by atoms with Gasteiger partial charge in [0.1, 0.15) is 6.10 Å². The van der Waals surface area contributed by atoms with E-state index in [1.807, 2.05) is 49.2 Å². The summed E-state index contributed by atoms with van der Waals surface area (Å²) in [4.78, 5) is 1.94. The summed E-state index contributed by atoms with van der Waals surface area (Å²) in [6.45, 7) is 5.17. The Morgan fingerprint density at radius 3 is 2.50 bits per heavy atom. The summed E-state index contributed by atoms with van der Waals surface area (Å²) in [7, 11) is 5.09. The van der Waals surface area contributed by atoms with Crippen molar-refractivity contribution < 1.29 is 24.4 Å². The first kappa shape index (κ1) is 22.0. The van der Waals surface area contributed by atoms with Crippen LogP contribution in [-0.4, -0.2) is 49.5 Å². The molecule has 0 saturated heterocycles. The average molecular weight is 414 g/mol. The van der Waals surface area contributed by atoms with E-state index in [0.29, 0.717) is 24.6 Å². The minimum absolute atomic E-state index is 0.0561. The number of methoxy groups -OCH3 is 2. The minimum atomic E-state index is -0.230. The van der Waals surface area contributed by atoms with Gasteiger partial charge in [0.15, 0.2) is 23.0 Å². The van der Waals surface area contributed by atoms with Crippen molar-refractivity contribution in [3.8, 4) is 23.0 Å². The number of ether oxygens (including phenoxy) is 3. The second-order valence-electron chi connectivity index (χ2n) is 7.66. The van der Waals surface area contributed by atoms with Crippen molar-refractivity contribution in [2.24, 2.45) is 0 Å². The number of nitrogens with zero attached hydrogens (tertiary/aromatic N) is 1. The number of allylic oxidation sites excluding steroid dienone is 1. The normalized spacial score (nSPS) is 18.0. The number of aromatic hydroxyl groups is 1. The van der Waals surface area contributed by atoms with E-state index in [2.05, 4.69) is 13.0 Å². The first-order valence-corrected chi connectivity index (χ1v) is 10.1. The highest BCUT2D eigenvalue weighted by Crippen LogP contribution is 2.51. The SMILES string of the molecule is C/C=C/c1cc(OC)c2c(c1)[C@@H](C)[C@H](c1cc(CN(C)CCO)c(O)c(OC)c1)O2. The molecule has 0 radical (unpaired) electrons. The van der Waals surface area contributed by atoms with Crippen LogP contribution in [0.25, 0.3) is 6.08 Å². The molecular formula is C24H31NO5. The minimum Gasteiger partial charge on any atom is -0.504 e. The molecule has 2 atom stereocenters. The topological polar surface area (TPSA) is 71.4 Å². The number of aliphatic hydroxyl groups is 1. The van der Waals surface area contributed by atoms with Crippen molar-refractivity contribution in [1.82, 2.24) is 4.90 Å². The van der Waals surface area contributed by atoms with Crippen LogP contribution in [0.5, 0.6) is 23.0 Å². The van der Waals surface area contributed by atoms with Crippen molar-refractivity contribution in [2.75, 3.05) is 34.4 Å². The molecule has 0 amide bonds. The van der Waals surface area contributed by atoms with Gasteiger partial charge in [-0.15, -0.1) is 0 Å². The van der Waals surface area contributed by atoms with Gasteiger partial charge in [0.25, 0.3) is 0 Å². The first-order valence-electron chi connectivity index (χ1n) is 10.1. The van der Waals surface area contributed by atoms with Crippen LogP contribution in [0.2, 0.25) is 0 Å². The quantitative estimate of drug-likeness (QED) is 0.679. The summed E-state index contributed by atoms with van der Waals surface area (Å²) in [5.41, 5.74) is 3.82. The van der Waals surface area contributed by atoms with Crippen LogP contribution in [0.1, 0.15) is 48.1 Å². The molecule has 2 aromatic rings. The highest BCUT2D eigenvalue weighted by molar-refractivity contribution is 5.62. The largest absolute Gasteiger partial charge is 0.504 e. The fraction of sp³-hybridized carbons (Fsp3) is 0.417. The maximum absolute atomic E-state index is 10.6. The van der Waals surface area contributed by atoms with E-state index in [-0.39, 0.29) is 24.4 Å². The molecule has 1 heterocycles. The lowest BCUT2D eigenvalue weighted by atomic mass is 9.90. The molecule has 3 rings (SSSR count). The third kappa shape index (κ3) is 4.25. The second kappa shape index (κ2) is 9.41. The summed E-state index contributed by atoms with van der Waals surface area (Å²) in [6.07, 6.45) is 3.81. The second-order valence-corrected chi connectivity index (χ2v) is 7.66. The average Bonchev–Trinajstić information content (AvgIpc) is 3.06. The molecule has 6 heteroatoms. The fourth-order valence-electron chi connectivity index (χ4n) is 3.97. The van der Waals surface area contributed by atoms with Crippen molar-refractivity contribution in [3.05, 3.63) is 52.6 Å². The van der Waals surface area contributed by atoms with Crippen LogP contribution in [0.3, 0.4) is 0 Å². The van der Waals surface area contributed by atoms with Crippen molar-refractivity contribution in [1.29, 1.82) is 0 Å². The molecule has 1 aliphatic heterocycles. The summed E-state index contributed by atoms with van der Waals surface area (Å²) in [5, 5.41) is 19.8. The zero-order valence-corrected chi connectivity index (χ0v) is 18.3. The van der Waals surface area contributed by atoms with Crippen molar-refractivity contribution >= 4 is 6.08 Å².